The molecule has 1 aliphatic heterocycles. The predicted octanol–water partition coefficient (Wildman–Crippen LogP) is 5.86. The second kappa shape index (κ2) is 10.2. The molecule has 1 amide bonds. The van der Waals surface area contributed by atoms with E-state index in [2.05, 4.69) is 21.6 Å². The SMILES string of the molecule is Cc1ccc2[nH]c(C(=O)NN=Cc3ccccc3OC(=O)c3ccc4c(c3)OCO4)c(-c3ccccc3)c2c1. The third kappa shape index (κ3) is 4.83. The number of amides is 1. The maximum absolute atomic E-state index is 13.3. The topological polar surface area (TPSA) is 102 Å². The number of nitrogens with zero attached hydrogens (tertiary/aromatic N) is 1. The van der Waals surface area contributed by atoms with Crippen LogP contribution in [0, 0.1) is 6.92 Å². The normalized spacial score (nSPS) is 12.1. The number of carbonyl (C=O) groups excluding carboxylic acids is 2. The number of benzene rings is 4. The first-order valence-corrected chi connectivity index (χ1v) is 12.3. The zero-order valence-electron chi connectivity index (χ0n) is 20.9. The van der Waals surface area contributed by atoms with E-state index in [0.29, 0.717) is 34.1 Å². The highest BCUT2D eigenvalue weighted by molar-refractivity contribution is 6.10. The minimum atomic E-state index is -0.556. The molecule has 0 saturated carbocycles. The smallest absolute Gasteiger partial charge is 0.343 e. The highest BCUT2D eigenvalue weighted by Gasteiger charge is 2.20. The Hall–Kier alpha value is -5.37. The number of hydrazone groups is 1. The molecule has 1 aromatic heterocycles. The summed E-state index contributed by atoms with van der Waals surface area (Å²) in [5.41, 5.74) is 7.52. The number of aromatic nitrogens is 1. The molecule has 6 rings (SSSR count). The number of aromatic amines is 1. The minimum Gasteiger partial charge on any atom is -0.454 e. The van der Waals surface area contributed by atoms with Crippen LogP contribution in [-0.4, -0.2) is 29.9 Å². The van der Waals surface area contributed by atoms with Crippen LogP contribution in [0.1, 0.15) is 32.0 Å². The number of carbonyl (C=O) groups is 2. The Balaban J connectivity index is 1.23. The number of hydrogen-bond donors (Lipinski definition) is 2. The van der Waals surface area contributed by atoms with Gasteiger partial charge >= 0.3 is 5.97 Å². The third-order valence-corrected chi connectivity index (χ3v) is 6.34. The summed E-state index contributed by atoms with van der Waals surface area (Å²) in [7, 11) is 0. The summed E-state index contributed by atoms with van der Waals surface area (Å²) < 4.78 is 16.3. The molecular formula is C31H23N3O5. The standard InChI is InChI=1S/C31H23N3O5/c1-19-11-13-24-23(15-19)28(20-7-3-2-4-8-20)29(33-24)30(35)34-32-17-22-9-5-6-10-25(22)39-31(36)21-12-14-26-27(16-21)38-18-37-26/h2-17,33H,18H2,1H3,(H,34,35). The first-order chi connectivity index (χ1) is 19.1. The van der Waals surface area contributed by atoms with Crippen LogP contribution in [0.2, 0.25) is 0 Å². The van der Waals surface area contributed by atoms with Crippen LogP contribution in [0.15, 0.2) is 96.1 Å². The maximum Gasteiger partial charge on any atom is 0.343 e. The fourth-order valence-corrected chi connectivity index (χ4v) is 4.46. The van der Waals surface area contributed by atoms with Gasteiger partial charge in [-0.2, -0.15) is 5.10 Å². The Bertz CT molecular complexity index is 1740. The Labute approximate surface area is 223 Å². The average Bonchev–Trinajstić information content (AvgIpc) is 3.58. The molecule has 8 nitrogen and oxygen atoms in total. The van der Waals surface area contributed by atoms with Crippen molar-refractivity contribution in [2.75, 3.05) is 6.79 Å². The molecule has 0 atom stereocenters. The highest BCUT2D eigenvalue weighted by Crippen LogP contribution is 2.34. The number of esters is 1. The molecule has 0 saturated heterocycles. The van der Waals surface area contributed by atoms with E-state index in [1.54, 1.807) is 42.5 Å². The van der Waals surface area contributed by atoms with Gasteiger partial charge in [0.25, 0.3) is 5.91 Å². The van der Waals surface area contributed by atoms with E-state index in [0.717, 1.165) is 27.6 Å². The van der Waals surface area contributed by atoms with Crippen molar-refractivity contribution in [2.24, 2.45) is 5.10 Å². The molecule has 4 aromatic carbocycles. The Morgan fingerprint density at radius 3 is 2.59 bits per heavy atom. The Kier molecular flexibility index (Phi) is 6.26. The number of hydrogen-bond acceptors (Lipinski definition) is 6. The Morgan fingerprint density at radius 1 is 0.923 bits per heavy atom. The largest absolute Gasteiger partial charge is 0.454 e. The van der Waals surface area contributed by atoms with Crippen molar-refractivity contribution in [3.63, 3.8) is 0 Å². The van der Waals surface area contributed by atoms with E-state index < -0.39 is 11.9 Å². The number of fused-ring (bicyclic) bond motifs is 2. The zero-order valence-corrected chi connectivity index (χ0v) is 20.9. The van der Waals surface area contributed by atoms with Crippen LogP contribution in [0.25, 0.3) is 22.0 Å². The van der Waals surface area contributed by atoms with Gasteiger partial charge in [0.05, 0.1) is 11.8 Å². The summed E-state index contributed by atoms with van der Waals surface area (Å²) in [5, 5.41) is 5.11. The van der Waals surface area contributed by atoms with Crippen molar-refractivity contribution >= 4 is 29.0 Å². The van der Waals surface area contributed by atoms with E-state index >= 15 is 0 Å². The molecule has 0 unspecified atom stereocenters. The van der Waals surface area contributed by atoms with Gasteiger partial charge in [0, 0.05) is 22.0 Å². The molecule has 1 aliphatic rings. The van der Waals surface area contributed by atoms with Gasteiger partial charge < -0.3 is 19.2 Å². The van der Waals surface area contributed by atoms with E-state index in [-0.39, 0.29) is 6.79 Å². The summed E-state index contributed by atoms with van der Waals surface area (Å²) in [6.07, 6.45) is 1.44. The molecule has 0 spiro atoms. The van der Waals surface area contributed by atoms with Crippen molar-refractivity contribution in [3.8, 4) is 28.4 Å². The molecule has 0 radical (unpaired) electrons. The number of para-hydroxylation sites is 1. The van der Waals surface area contributed by atoms with Crippen LogP contribution in [-0.2, 0) is 0 Å². The lowest BCUT2D eigenvalue weighted by Gasteiger charge is -2.08. The Morgan fingerprint density at radius 2 is 1.72 bits per heavy atom. The lowest BCUT2D eigenvalue weighted by Crippen LogP contribution is -2.19. The predicted molar refractivity (Wildman–Crippen MR) is 147 cm³/mol. The first-order valence-electron chi connectivity index (χ1n) is 12.3. The van der Waals surface area contributed by atoms with Gasteiger partial charge in [-0.3, -0.25) is 4.79 Å². The van der Waals surface area contributed by atoms with Crippen LogP contribution in [0.5, 0.6) is 17.2 Å². The molecule has 39 heavy (non-hydrogen) atoms. The fourth-order valence-electron chi connectivity index (χ4n) is 4.46. The van der Waals surface area contributed by atoms with Gasteiger partial charge in [0.2, 0.25) is 6.79 Å². The maximum atomic E-state index is 13.3. The van der Waals surface area contributed by atoms with Gasteiger partial charge in [-0.05, 0) is 55.0 Å². The molecule has 8 heteroatoms. The summed E-state index contributed by atoms with van der Waals surface area (Å²) in [6, 6.07) is 27.5. The number of ether oxygens (including phenoxy) is 3. The lowest BCUT2D eigenvalue weighted by atomic mass is 10.0. The van der Waals surface area contributed by atoms with E-state index in [4.69, 9.17) is 14.2 Å². The van der Waals surface area contributed by atoms with Crippen molar-refractivity contribution in [1.82, 2.24) is 10.4 Å². The molecule has 2 heterocycles. The molecule has 192 valence electrons. The summed E-state index contributed by atoms with van der Waals surface area (Å²) in [5.74, 6) is 0.413. The average molecular weight is 518 g/mol. The van der Waals surface area contributed by atoms with Crippen molar-refractivity contribution < 1.29 is 23.8 Å². The summed E-state index contributed by atoms with van der Waals surface area (Å²) in [6.45, 7) is 2.13. The molecular weight excluding hydrogens is 494 g/mol. The molecule has 2 N–H and O–H groups in total. The number of nitrogens with one attached hydrogen (secondary N) is 2. The van der Waals surface area contributed by atoms with E-state index in [1.807, 2.05) is 49.4 Å². The van der Waals surface area contributed by atoms with E-state index in [9.17, 15) is 9.59 Å². The second-order valence-corrected chi connectivity index (χ2v) is 8.98. The zero-order chi connectivity index (χ0) is 26.8. The third-order valence-electron chi connectivity index (χ3n) is 6.34. The second-order valence-electron chi connectivity index (χ2n) is 8.98. The van der Waals surface area contributed by atoms with Crippen molar-refractivity contribution in [1.29, 1.82) is 0 Å². The summed E-state index contributed by atoms with van der Waals surface area (Å²) >= 11 is 0. The quantitative estimate of drug-likeness (QED) is 0.127. The van der Waals surface area contributed by atoms with Gasteiger partial charge in [-0.1, -0.05) is 54.1 Å². The highest BCUT2D eigenvalue weighted by atomic mass is 16.7. The van der Waals surface area contributed by atoms with E-state index in [1.165, 1.54) is 6.21 Å². The van der Waals surface area contributed by atoms with Crippen LogP contribution >= 0.6 is 0 Å². The monoisotopic (exact) mass is 517 g/mol. The number of aryl methyl sites for hydroxylation is 1. The van der Waals surface area contributed by atoms with Crippen molar-refractivity contribution in [3.05, 3.63) is 113 Å². The van der Waals surface area contributed by atoms with Crippen LogP contribution in [0.3, 0.4) is 0 Å². The van der Waals surface area contributed by atoms with Gasteiger partial charge in [0.1, 0.15) is 11.4 Å². The van der Waals surface area contributed by atoms with Gasteiger partial charge in [-0.15, -0.1) is 0 Å². The first kappa shape index (κ1) is 24.0. The van der Waals surface area contributed by atoms with Crippen LogP contribution < -0.4 is 19.6 Å². The van der Waals surface area contributed by atoms with Crippen LogP contribution in [0.4, 0.5) is 0 Å². The molecule has 0 aliphatic carbocycles. The molecule has 5 aromatic rings. The summed E-state index contributed by atoms with van der Waals surface area (Å²) in [4.78, 5) is 29.3. The molecule has 0 bridgehead atoms. The minimum absolute atomic E-state index is 0.115. The van der Waals surface area contributed by atoms with Crippen molar-refractivity contribution in [2.45, 2.75) is 6.92 Å². The fraction of sp³-hybridized carbons (Fsp3) is 0.0645. The van der Waals surface area contributed by atoms with Gasteiger partial charge in [0.15, 0.2) is 11.5 Å². The lowest BCUT2D eigenvalue weighted by molar-refractivity contribution is 0.0733. The number of rotatable bonds is 6. The number of H-pyrrole nitrogens is 1. The van der Waals surface area contributed by atoms with Gasteiger partial charge in [-0.25, -0.2) is 10.2 Å². The molecule has 0 fully saturated rings.